The summed E-state index contributed by atoms with van der Waals surface area (Å²) in [5.74, 6) is 0.952. The lowest BCUT2D eigenvalue weighted by Gasteiger charge is -2.04. The van der Waals surface area contributed by atoms with Crippen LogP contribution >= 0.6 is 0 Å². The summed E-state index contributed by atoms with van der Waals surface area (Å²) in [6, 6.07) is 0. The van der Waals surface area contributed by atoms with E-state index < -0.39 is 5.97 Å². The first-order valence-corrected chi connectivity index (χ1v) is 4.96. The van der Waals surface area contributed by atoms with Crippen molar-refractivity contribution in [2.24, 2.45) is 11.8 Å². The summed E-state index contributed by atoms with van der Waals surface area (Å²) in [4.78, 5) is 18.4. The number of hydrogen-bond acceptors (Lipinski definition) is 4. The van der Waals surface area contributed by atoms with Gasteiger partial charge in [-0.15, -0.1) is 0 Å². The molecule has 0 aromatic carbocycles. The van der Waals surface area contributed by atoms with Crippen molar-refractivity contribution in [3.05, 3.63) is 18.1 Å². The molecular formula is C10H13N3O2. The lowest BCUT2D eigenvalue weighted by Crippen LogP contribution is -2.09. The van der Waals surface area contributed by atoms with Crippen LogP contribution < -0.4 is 5.32 Å². The Balaban J connectivity index is 1.95. The van der Waals surface area contributed by atoms with Crippen molar-refractivity contribution in [2.45, 2.75) is 13.3 Å². The Morgan fingerprint density at radius 3 is 3.00 bits per heavy atom. The van der Waals surface area contributed by atoms with Gasteiger partial charge in [-0.3, -0.25) is 4.98 Å². The van der Waals surface area contributed by atoms with Crippen LogP contribution in [0.3, 0.4) is 0 Å². The lowest BCUT2D eigenvalue weighted by molar-refractivity contribution is 0.0690. The summed E-state index contributed by atoms with van der Waals surface area (Å²) in [7, 11) is 0. The Labute approximate surface area is 87.6 Å². The van der Waals surface area contributed by atoms with Gasteiger partial charge in [-0.25, -0.2) is 9.78 Å². The van der Waals surface area contributed by atoms with Crippen LogP contribution in [0.4, 0.5) is 5.82 Å². The number of aromatic carboxylic acids is 1. The highest BCUT2D eigenvalue weighted by molar-refractivity contribution is 5.85. The van der Waals surface area contributed by atoms with Gasteiger partial charge < -0.3 is 10.4 Å². The molecule has 2 unspecified atom stereocenters. The van der Waals surface area contributed by atoms with Crippen LogP contribution in [0.2, 0.25) is 0 Å². The molecule has 15 heavy (non-hydrogen) atoms. The van der Waals surface area contributed by atoms with Crippen molar-refractivity contribution < 1.29 is 9.90 Å². The molecule has 0 aliphatic heterocycles. The van der Waals surface area contributed by atoms with E-state index in [0.717, 1.165) is 12.5 Å². The van der Waals surface area contributed by atoms with E-state index in [4.69, 9.17) is 5.11 Å². The van der Waals surface area contributed by atoms with Gasteiger partial charge in [0.15, 0.2) is 5.69 Å². The fraction of sp³-hybridized carbons (Fsp3) is 0.500. The van der Waals surface area contributed by atoms with Crippen LogP contribution in [0.15, 0.2) is 12.4 Å². The van der Waals surface area contributed by atoms with Crippen molar-refractivity contribution in [1.82, 2.24) is 9.97 Å². The first-order chi connectivity index (χ1) is 7.16. The van der Waals surface area contributed by atoms with Crippen molar-refractivity contribution >= 4 is 11.8 Å². The maximum atomic E-state index is 10.6. The third-order valence-electron chi connectivity index (χ3n) is 2.68. The van der Waals surface area contributed by atoms with Crippen LogP contribution in [0, 0.1) is 11.8 Å². The monoisotopic (exact) mass is 207 g/mol. The molecule has 2 rings (SSSR count). The summed E-state index contributed by atoms with van der Waals surface area (Å²) in [6.07, 6.45) is 4.02. The molecule has 1 aromatic rings. The van der Waals surface area contributed by atoms with Crippen molar-refractivity contribution in [2.75, 3.05) is 11.9 Å². The minimum Gasteiger partial charge on any atom is -0.476 e. The van der Waals surface area contributed by atoms with E-state index in [1.54, 1.807) is 6.20 Å². The van der Waals surface area contributed by atoms with E-state index in [2.05, 4.69) is 22.2 Å². The lowest BCUT2D eigenvalue weighted by atomic mass is 10.3. The molecule has 0 radical (unpaired) electrons. The summed E-state index contributed by atoms with van der Waals surface area (Å²) in [5.41, 5.74) is -0.0242. The van der Waals surface area contributed by atoms with Gasteiger partial charge in [0.2, 0.25) is 0 Å². The predicted octanol–water partition coefficient (Wildman–Crippen LogP) is 1.24. The Morgan fingerprint density at radius 2 is 2.40 bits per heavy atom. The van der Waals surface area contributed by atoms with Crippen LogP contribution in [0.1, 0.15) is 23.8 Å². The van der Waals surface area contributed by atoms with E-state index in [0.29, 0.717) is 11.7 Å². The van der Waals surface area contributed by atoms with Crippen LogP contribution in [0.5, 0.6) is 0 Å². The second kappa shape index (κ2) is 3.84. The fourth-order valence-electron chi connectivity index (χ4n) is 1.47. The number of nitrogens with one attached hydrogen (secondary N) is 1. The third kappa shape index (κ3) is 2.43. The SMILES string of the molecule is CC1CC1CNc1cncc(C(=O)O)n1. The second-order valence-electron chi connectivity index (χ2n) is 3.95. The van der Waals surface area contributed by atoms with E-state index in [1.807, 2.05) is 0 Å². The van der Waals surface area contributed by atoms with Crippen LogP contribution in [-0.2, 0) is 0 Å². The number of aromatic nitrogens is 2. The Hall–Kier alpha value is -1.65. The maximum Gasteiger partial charge on any atom is 0.356 e. The molecule has 0 bridgehead atoms. The molecule has 1 saturated carbocycles. The number of carboxylic acids is 1. The van der Waals surface area contributed by atoms with E-state index >= 15 is 0 Å². The molecule has 0 amide bonds. The van der Waals surface area contributed by atoms with Gasteiger partial charge >= 0.3 is 5.97 Å². The predicted molar refractivity (Wildman–Crippen MR) is 54.8 cm³/mol. The minimum atomic E-state index is -1.05. The van der Waals surface area contributed by atoms with E-state index in [9.17, 15) is 4.79 Å². The van der Waals surface area contributed by atoms with Gasteiger partial charge in [0.25, 0.3) is 0 Å². The van der Waals surface area contributed by atoms with Gasteiger partial charge in [-0.1, -0.05) is 6.92 Å². The Morgan fingerprint density at radius 1 is 1.67 bits per heavy atom. The molecule has 1 fully saturated rings. The standard InChI is InChI=1S/C10H13N3O2/c1-6-2-7(6)3-12-9-5-11-4-8(13-9)10(14)15/h4-7H,2-3H2,1H3,(H,12,13)(H,14,15). The van der Waals surface area contributed by atoms with Gasteiger partial charge in [-0.05, 0) is 18.3 Å². The largest absolute Gasteiger partial charge is 0.476 e. The van der Waals surface area contributed by atoms with Gasteiger partial charge in [0, 0.05) is 6.54 Å². The molecule has 0 spiro atoms. The van der Waals surface area contributed by atoms with E-state index in [1.165, 1.54) is 12.6 Å². The number of nitrogens with zero attached hydrogens (tertiary/aromatic N) is 2. The normalized spacial score (nSPS) is 23.5. The first-order valence-electron chi connectivity index (χ1n) is 4.96. The maximum absolute atomic E-state index is 10.6. The highest BCUT2D eigenvalue weighted by Gasteiger charge is 2.31. The molecule has 5 nitrogen and oxygen atoms in total. The first kappa shape index (κ1) is 9.89. The van der Waals surface area contributed by atoms with Gasteiger partial charge in [0.1, 0.15) is 5.82 Å². The molecule has 1 heterocycles. The number of rotatable bonds is 4. The highest BCUT2D eigenvalue weighted by atomic mass is 16.4. The van der Waals surface area contributed by atoms with Gasteiger partial charge in [0.05, 0.1) is 12.4 Å². The summed E-state index contributed by atoms with van der Waals surface area (Å²) >= 11 is 0. The summed E-state index contributed by atoms with van der Waals surface area (Å²) in [5, 5.41) is 11.8. The average molecular weight is 207 g/mol. The average Bonchev–Trinajstić information content (AvgIpc) is 2.92. The topological polar surface area (TPSA) is 75.1 Å². The second-order valence-corrected chi connectivity index (χ2v) is 3.95. The number of anilines is 1. The van der Waals surface area contributed by atoms with Crippen LogP contribution in [-0.4, -0.2) is 27.6 Å². The third-order valence-corrected chi connectivity index (χ3v) is 2.68. The smallest absolute Gasteiger partial charge is 0.356 e. The fourth-order valence-corrected chi connectivity index (χ4v) is 1.47. The Bertz CT molecular complexity index is 381. The molecule has 1 aliphatic rings. The van der Waals surface area contributed by atoms with Crippen molar-refractivity contribution in [3.8, 4) is 0 Å². The molecule has 1 aliphatic carbocycles. The zero-order chi connectivity index (χ0) is 10.8. The Kier molecular flexibility index (Phi) is 2.53. The minimum absolute atomic E-state index is 0.0242. The zero-order valence-electron chi connectivity index (χ0n) is 8.47. The molecule has 2 N–H and O–H groups in total. The molecular weight excluding hydrogens is 194 g/mol. The quantitative estimate of drug-likeness (QED) is 0.777. The summed E-state index contributed by atoms with van der Waals surface area (Å²) < 4.78 is 0. The molecule has 0 saturated heterocycles. The molecule has 5 heteroatoms. The van der Waals surface area contributed by atoms with Crippen molar-refractivity contribution in [3.63, 3.8) is 0 Å². The van der Waals surface area contributed by atoms with E-state index in [-0.39, 0.29) is 5.69 Å². The summed E-state index contributed by atoms with van der Waals surface area (Å²) in [6.45, 7) is 3.05. The highest BCUT2D eigenvalue weighted by Crippen LogP contribution is 2.37. The van der Waals surface area contributed by atoms with Crippen molar-refractivity contribution in [1.29, 1.82) is 0 Å². The van der Waals surface area contributed by atoms with Gasteiger partial charge in [-0.2, -0.15) is 0 Å². The molecule has 2 atom stereocenters. The number of carbonyl (C=O) groups is 1. The number of hydrogen-bond donors (Lipinski definition) is 2. The van der Waals surface area contributed by atoms with Crippen LogP contribution in [0.25, 0.3) is 0 Å². The number of carboxylic acid groups (broad SMARTS) is 1. The molecule has 1 aromatic heterocycles. The molecule has 80 valence electrons. The zero-order valence-corrected chi connectivity index (χ0v) is 8.47.